The highest BCUT2D eigenvalue weighted by atomic mass is 16.2. The third-order valence-electron chi connectivity index (χ3n) is 3.99. The van der Waals surface area contributed by atoms with Crippen LogP contribution in [0.5, 0.6) is 0 Å². The van der Waals surface area contributed by atoms with Crippen molar-refractivity contribution in [3.8, 4) is 11.4 Å². The van der Waals surface area contributed by atoms with Crippen molar-refractivity contribution >= 4 is 11.6 Å². The summed E-state index contributed by atoms with van der Waals surface area (Å²) in [6.45, 7) is 2.52. The first-order chi connectivity index (χ1) is 12.5. The molecule has 2 aromatic carbocycles. The highest BCUT2D eigenvalue weighted by Crippen LogP contribution is 2.14. The molecule has 0 saturated carbocycles. The fourth-order valence-corrected chi connectivity index (χ4v) is 2.43. The van der Waals surface area contributed by atoms with Crippen molar-refractivity contribution in [3.05, 3.63) is 59.7 Å². The molecule has 0 bridgehead atoms. The van der Waals surface area contributed by atoms with Gasteiger partial charge in [-0.1, -0.05) is 42.0 Å². The first-order valence-electron chi connectivity index (χ1n) is 8.39. The average molecular weight is 350 g/mol. The van der Waals surface area contributed by atoms with Gasteiger partial charge in [-0.3, -0.25) is 4.79 Å². The van der Waals surface area contributed by atoms with E-state index in [0.29, 0.717) is 12.4 Å². The van der Waals surface area contributed by atoms with Crippen molar-refractivity contribution in [3.63, 3.8) is 0 Å². The predicted octanol–water partition coefficient (Wildman–Crippen LogP) is 2.03. The van der Waals surface area contributed by atoms with E-state index in [1.54, 1.807) is 0 Å². The van der Waals surface area contributed by atoms with Crippen molar-refractivity contribution < 1.29 is 4.79 Å². The van der Waals surface area contributed by atoms with Crippen LogP contribution < -0.4 is 10.2 Å². The van der Waals surface area contributed by atoms with E-state index in [9.17, 15) is 4.79 Å². The van der Waals surface area contributed by atoms with Gasteiger partial charge in [-0.25, -0.2) is 0 Å². The Kier molecular flexibility index (Phi) is 5.26. The summed E-state index contributed by atoms with van der Waals surface area (Å²) in [6, 6.07) is 15.9. The lowest BCUT2D eigenvalue weighted by molar-refractivity contribution is -0.122. The number of aromatic nitrogens is 4. The minimum absolute atomic E-state index is 0.0364. The van der Waals surface area contributed by atoms with Crippen molar-refractivity contribution in [1.29, 1.82) is 0 Å². The molecule has 0 aliphatic carbocycles. The lowest BCUT2D eigenvalue weighted by Crippen LogP contribution is -2.28. The van der Waals surface area contributed by atoms with Crippen molar-refractivity contribution in [1.82, 2.24) is 25.5 Å². The lowest BCUT2D eigenvalue weighted by Gasteiger charge is -2.12. The van der Waals surface area contributed by atoms with Crippen molar-refractivity contribution in [2.45, 2.75) is 20.0 Å². The monoisotopic (exact) mass is 350 g/mol. The molecule has 1 N–H and O–H groups in total. The van der Waals surface area contributed by atoms with Crippen molar-refractivity contribution in [2.75, 3.05) is 19.0 Å². The molecule has 3 rings (SSSR count). The maximum absolute atomic E-state index is 12.1. The van der Waals surface area contributed by atoms with Gasteiger partial charge in [0, 0.05) is 31.9 Å². The second-order valence-corrected chi connectivity index (χ2v) is 6.35. The Morgan fingerprint density at radius 2 is 1.77 bits per heavy atom. The molecule has 26 heavy (non-hydrogen) atoms. The zero-order chi connectivity index (χ0) is 18.5. The predicted molar refractivity (Wildman–Crippen MR) is 101 cm³/mol. The van der Waals surface area contributed by atoms with E-state index in [-0.39, 0.29) is 12.5 Å². The Morgan fingerprint density at radius 1 is 1.08 bits per heavy atom. The molecule has 7 heteroatoms. The van der Waals surface area contributed by atoms with Crippen molar-refractivity contribution in [2.24, 2.45) is 0 Å². The maximum Gasteiger partial charge on any atom is 0.243 e. The van der Waals surface area contributed by atoms with Crippen LogP contribution in [0.3, 0.4) is 0 Å². The molecule has 134 valence electrons. The first kappa shape index (κ1) is 17.6. The van der Waals surface area contributed by atoms with Crippen LogP contribution in [0, 0.1) is 6.92 Å². The van der Waals surface area contributed by atoms with Crippen LogP contribution in [0.25, 0.3) is 11.4 Å². The summed E-state index contributed by atoms with van der Waals surface area (Å²) in [7, 11) is 3.99. The maximum atomic E-state index is 12.1. The third kappa shape index (κ3) is 4.44. The SMILES string of the molecule is Cc1ccc(-c2nnn(CC(=O)NCc3ccc(N(C)C)cc3)n2)cc1. The molecule has 7 nitrogen and oxygen atoms in total. The largest absolute Gasteiger partial charge is 0.378 e. The van der Waals surface area contributed by atoms with Gasteiger partial charge in [-0.2, -0.15) is 4.80 Å². The number of hydrogen-bond donors (Lipinski definition) is 1. The van der Waals surface area contributed by atoms with Gasteiger partial charge in [0.15, 0.2) is 0 Å². The fraction of sp³-hybridized carbons (Fsp3) is 0.263. The van der Waals surface area contributed by atoms with Crippen LogP contribution in [0.4, 0.5) is 5.69 Å². The molecular formula is C19H22N6O. The van der Waals surface area contributed by atoms with Crippen LogP contribution in [0.15, 0.2) is 48.5 Å². The highest BCUT2D eigenvalue weighted by Gasteiger charge is 2.09. The van der Waals surface area contributed by atoms with Crippen LogP contribution >= 0.6 is 0 Å². The van der Waals surface area contributed by atoms with Gasteiger partial charge >= 0.3 is 0 Å². The summed E-state index contributed by atoms with van der Waals surface area (Å²) in [4.78, 5) is 15.4. The molecule has 0 fully saturated rings. The molecule has 0 saturated heterocycles. The fourth-order valence-electron chi connectivity index (χ4n) is 2.43. The molecule has 0 aliphatic heterocycles. The van der Waals surface area contributed by atoms with Crippen LogP contribution in [0.1, 0.15) is 11.1 Å². The molecule has 1 heterocycles. The Labute approximate surface area is 152 Å². The van der Waals surface area contributed by atoms with E-state index in [0.717, 1.165) is 16.8 Å². The van der Waals surface area contributed by atoms with Crippen LogP contribution in [0.2, 0.25) is 0 Å². The molecule has 3 aromatic rings. The second-order valence-electron chi connectivity index (χ2n) is 6.35. The zero-order valence-electron chi connectivity index (χ0n) is 15.2. The third-order valence-corrected chi connectivity index (χ3v) is 3.99. The molecule has 1 aromatic heterocycles. The molecule has 0 atom stereocenters. The number of tetrazole rings is 1. The quantitative estimate of drug-likeness (QED) is 0.736. The molecule has 1 amide bonds. The standard InChI is InChI=1S/C19H22N6O/c1-14-4-8-16(9-5-14)19-21-23-25(22-19)13-18(26)20-12-15-6-10-17(11-7-15)24(2)3/h4-11H,12-13H2,1-3H3,(H,20,26). The summed E-state index contributed by atoms with van der Waals surface area (Å²) in [6.07, 6.45) is 0. The zero-order valence-corrected chi connectivity index (χ0v) is 15.2. The Bertz CT molecular complexity index is 868. The molecule has 0 spiro atoms. The van der Waals surface area contributed by atoms with Gasteiger partial charge in [0.05, 0.1) is 0 Å². The Hall–Kier alpha value is -3.22. The van der Waals surface area contributed by atoms with E-state index in [2.05, 4.69) is 20.7 Å². The van der Waals surface area contributed by atoms with E-state index < -0.39 is 0 Å². The summed E-state index contributed by atoms with van der Waals surface area (Å²) in [5.41, 5.74) is 4.20. The smallest absolute Gasteiger partial charge is 0.243 e. The normalized spacial score (nSPS) is 10.6. The van der Waals surface area contributed by atoms with Gasteiger partial charge < -0.3 is 10.2 Å². The molecule has 0 radical (unpaired) electrons. The summed E-state index contributed by atoms with van der Waals surface area (Å²) in [5, 5.41) is 15.1. The van der Waals surface area contributed by atoms with Gasteiger partial charge in [0.2, 0.25) is 11.7 Å². The summed E-state index contributed by atoms with van der Waals surface area (Å²) < 4.78 is 0. The number of nitrogens with zero attached hydrogens (tertiary/aromatic N) is 5. The first-order valence-corrected chi connectivity index (χ1v) is 8.39. The van der Waals surface area contributed by atoms with E-state index in [1.165, 1.54) is 10.4 Å². The number of nitrogens with one attached hydrogen (secondary N) is 1. The van der Waals surface area contributed by atoms with Gasteiger partial charge in [0.25, 0.3) is 0 Å². The van der Waals surface area contributed by atoms with E-state index in [1.807, 2.05) is 74.4 Å². The Morgan fingerprint density at radius 3 is 2.42 bits per heavy atom. The Balaban J connectivity index is 1.54. The molecule has 0 unspecified atom stereocenters. The number of benzene rings is 2. The number of rotatable bonds is 6. The van der Waals surface area contributed by atoms with Gasteiger partial charge in [0.1, 0.15) is 6.54 Å². The highest BCUT2D eigenvalue weighted by molar-refractivity contribution is 5.75. The van der Waals surface area contributed by atoms with E-state index in [4.69, 9.17) is 0 Å². The van der Waals surface area contributed by atoms with Crippen LogP contribution in [-0.4, -0.2) is 40.2 Å². The van der Waals surface area contributed by atoms with Crippen LogP contribution in [-0.2, 0) is 17.9 Å². The minimum atomic E-state index is -0.158. The number of aryl methyl sites for hydroxylation is 1. The second kappa shape index (κ2) is 7.77. The number of amides is 1. The number of carbonyl (C=O) groups is 1. The topological polar surface area (TPSA) is 75.9 Å². The molecule has 0 aliphatic rings. The number of hydrogen-bond acceptors (Lipinski definition) is 5. The number of carbonyl (C=O) groups excluding carboxylic acids is 1. The average Bonchev–Trinajstić information content (AvgIpc) is 3.09. The van der Waals surface area contributed by atoms with E-state index >= 15 is 0 Å². The number of anilines is 1. The van der Waals surface area contributed by atoms with Gasteiger partial charge in [-0.15, -0.1) is 10.2 Å². The summed E-state index contributed by atoms with van der Waals surface area (Å²) >= 11 is 0. The minimum Gasteiger partial charge on any atom is -0.378 e. The van der Waals surface area contributed by atoms with Gasteiger partial charge in [-0.05, 0) is 29.8 Å². The lowest BCUT2D eigenvalue weighted by atomic mass is 10.1. The molecular weight excluding hydrogens is 328 g/mol. The summed E-state index contributed by atoms with van der Waals surface area (Å²) in [5.74, 6) is 0.353.